The van der Waals surface area contributed by atoms with Gasteiger partial charge in [0.2, 0.25) is 0 Å². The molecule has 0 atom stereocenters. The number of nitrogens with one attached hydrogen (secondary N) is 2. The number of aromatic nitrogens is 3. The number of nitrogens with zero attached hydrogens (tertiary/aromatic N) is 2. The molecule has 2 aromatic heterocycles. The van der Waals surface area contributed by atoms with Crippen molar-refractivity contribution in [3.63, 3.8) is 0 Å². The summed E-state index contributed by atoms with van der Waals surface area (Å²) < 4.78 is 1.97. The van der Waals surface area contributed by atoms with Crippen LogP contribution < -0.4 is 5.69 Å². The summed E-state index contributed by atoms with van der Waals surface area (Å²) >= 11 is 0. The smallest absolute Gasteiger partial charge is 0.326 e. The third kappa shape index (κ3) is 3.27. The molecule has 5 heteroatoms. The first-order valence-electron chi connectivity index (χ1n) is 10.9. The Labute approximate surface area is 176 Å². The van der Waals surface area contributed by atoms with Crippen LogP contribution in [0, 0.1) is 0 Å². The van der Waals surface area contributed by atoms with Crippen molar-refractivity contribution in [3.8, 4) is 0 Å². The average Bonchev–Trinajstić information content (AvgIpc) is 3.26. The van der Waals surface area contributed by atoms with Crippen LogP contribution in [-0.2, 0) is 12.0 Å². The number of aromatic amines is 2. The van der Waals surface area contributed by atoms with Gasteiger partial charge < -0.3 is 9.97 Å². The van der Waals surface area contributed by atoms with Crippen LogP contribution in [0.2, 0.25) is 0 Å². The Bertz CT molecular complexity index is 1250. The highest BCUT2D eigenvalue weighted by atomic mass is 16.1. The van der Waals surface area contributed by atoms with Crippen LogP contribution >= 0.6 is 0 Å². The van der Waals surface area contributed by atoms with E-state index < -0.39 is 0 Å². The van der Waals surface area contributed by atoms with E-state index in [0.29, 0.717) is 0 Å². The molecule has 0 radical (unpaired) electrons. The van der Waals surface area contributed by atoms with Gasteiger partial charge in [-0.15, -0.1) is 0 Å². The summed E-state index contributed by atoms with van der Waals surface area (Å²) in [5.41, 5.74) is 6.01. The Kier molecular flexibility index (Phi) is 4.58. The number of benzene rings is 2. The minimum Gasteiger partial charge on any atom is -0.358 e. The van der Waals surface area contributed by atoms with E-state index in [9.17, 15) is 4.79 Å². The quantitative estimate of drug-likeness (QED) is 0.510. The van der Waals surface area contributed by atoms with Crippen molar-refractivity contribution < 1.29 is 0 Å². The zero-order valence-corrected chi connectivity index (χ0v) is 18.0. The maximum Gasteiger partial charge on any atom is 0.326 e. The number of hydrogen-bond donors (Lipinski definition) is 2. The summed E-state index contributed by atoms with van der Waals surface area (Å²) in [7, 11) is 0. The third-order valence-corrected chi connectivity index (χ3v) is 6.49. The maximum atomic E-state index is 12.6. The number of rotatable bonds is 3. The van der Waals surface area contributed by atoms with Crippen LogP contribution in [0.15, 0.2) is 53.3 Å². The lowest BCUT2D eigenvalue weighted by atomic mass is 9.88. The second-order valence-corrected chi connectivity index (χ2v) is 9.60. The van der Waals surface area contributed by atoms with Crippen LogP contribution in [0.5, 0.6) is 0 Å². The molecule has 0 saturated carbocycles. The van der Waals surface area contributed by atoms with E-state index in [4.69, 9.17) is 0 Å². The first kappa shape index (κ1) is 19.2. The molecular formula is C25H30N4O. The predicted octanol–water partition coefficient (Wildman–Crippen LogP) is 4.95. The Morgan fingerprint density at radius 1 is 0.933 bits per heavy atom. The fourth-order valence-electron chi connectivity index (χ4n) is 5.00. The number of hydrogen-bond acceptors (Lipinski definition) is 2. The molecule has 0 aliphatic carbocycles. The Morgan fingerprint density at radius 3 is 2.33 bits per heavy atom. The molecule has 0 unspecified atom stereocenters. The standard InChI is InChI=1S/C25H30N4O/c1-25(2,3)23-19(18-8-4-5-9-20(18)26-23)16-28-14-12-17(13-15-28)29-22-11-7-6-10-21(22)27-24(29)30/h4-11,17,26H,12-16H2,1-3H3,(H,27,30). The van der Waals surface area contributed by atoms with Crippen LogP contribution in [0.25, 0.3) is 21.9 Å². The second kappa shape index (κ2) is 7.17. The minimum absolute atomic E-state index is 0.0151. The largest absolute Gasteiger partial charge is 0.358 e. The van der Waals surface area contributed by atoms with Gasteiger partial charge in [-0.25, -0.2) is 4.79 Å². The van der Waals surface area contributed by atoms with Crippen LogP contribution in [-0.4, -0.2) is 32.5 Å². The van der Waals surface area contributed by atoms with Gasteiger partial charge in [-0.05, 0) is 36.6 Å². The monoisotopic (exact) mass is 402 g/mol. The fourth-order valence-corrected chi connectivity index (χ4v) is 5.00. The van der Waals surface area contributed by atoms with Gasteiger partial charge >= 0.3 is 5.69 Å². The Hall–Kier alpha value is -2.79. The molecule has 2 aromatic carbocycles. The number of likely N-dealkylation sites (tertiary alicyclic amines) is 1. The van der Waals surface area contributed by atoms with Crippen molar-refractivity contribution in [1.29, 1.82) is 0 Å². The van der Waals surface area contributed by atoms with Gasteiger partial charge in [-0.3, -0.25) is 9.47 Å². The van der Waals surface area contributed by atoms with E-state index in [1.165, 1.54) is 22.2 Å². The number of fused-ring (bicyclic) bond motifs is 2. The van der Waals surface area contributed by atoms with E-state index in [1.54, 1.807) is 0 Å². The van der Waals surface area contributed by atoms with Crippen LogP contribution in [0.1, 0.15) is 50.9 Å². The third-order valence-electron chi connectivity index (χ3n) is 6.49. The lowest BCUT2D eigenvalue weighted by Crippen LogP contribution is -2.37. The number of imidazole rings is 1. The summed E-state index contributed by atoms with van der Waals surface area (Å²) in [5.74, 6) is 0. The van der Waals surface area contributed by atoms with Crippen molar-refractivity contribution in [1.82, 2.24) is 19.4 Å². The van der Waals surface area contributed by atoms with Crippen molar-refractivity contribution in [2.24, 2.45) is 0 Å². The Morgan fingerprint density at radius 2 is 1.60 bits per heavy atom. The minimum atomic E-state index is 0.0151. The zero-order chi connectivity index (χ0) is 20.9. The molecule has 2 N–H and O–H groups in total. The van der Waals surface area contributed by atoms with Crippen LogP contribution in [0.4, 0.5) is 0 Å². The molecule has 0 bridgehead atoms. The van der Waals surface area contributed by atoms with Gasteiger partial charge in [0.25, 0.3) is 0 Å². The lowest BCUT2D eigenvalue weighted by Gasteiger charge is -2.33. The summed E-state index contributed by atoms with van der Waals surface area (Å²) in [4.78, 5) is 21.8. The molecule has 30 heavy (non-hydrogen) atoms. The lowest BCUT2D eigenvalue weighted by molar-refractivity contribution is 0.179. The summed E-state index contributed by atoms with van der Waals surface area (Å²) in [6.45, 7) is 9.77. The SMILES string of the molecule is CC(C)(C)c1[nH]c2ccccc2c1CN1CCC(n2c(=O)[nH]c3ccccc32)CC1. The Balaban J connectivity index is 1.38. The molecule has 0 amide bonds. The van der Waals surface area contributed by atoms with Gasteiger partial charge in [0, 0.05) is 47.7 Å². The van der Waals surface area contributed by atoms with Gasteiger partial charge in [0.15, 0.2) is 0 Å². The van der Waals surface area contributed by atoms with Gasteiger partial charge in [-0.2, -0.15) is 0 Å². The normalized spacial score (nSPS) is 16.6. The first-order chi connectivity index (χ1) is 14.4. The highest BCUT2D eigenvalue weighted by molar-refractivity contribution is 5.85. The van der Waals surface area contributed by atoms with Crippen molar-refractivity contribution >= 4 is 21.9 Å². The molecule has 4 aromatic rings. The summed E-state index contributed by atoms with van der Waals surface area (Å²) in [5, 5.41) is 1.33. The second-order valence-electron chi connectivity index (χ2n) is 9.60. The van der Waals surface area contributed by atoms with Crippen molar-refractivity contribution in [2.45, 2.75) is 51.6 Å². The number of piperidine rings is 1. The summed E-state index contributed by atoms with van der Waals surface area (Å²) in [6, 6.07) is 16.9. The number of para-hydroxylation sites is 3. The van der Waals surface area contributed by atoms with Crippen molar-refractivity contribution in [3.05, 3.63) is 70.3 Å². The van der Waals surface area contributed by atoms with E-state index in [-0.39, 0.29) is 17.1 Å². The van der Waals surface area contributed by atoms with E-state index in [2.05, 4.69) is 59.9 Å². The van der Waals surface area contributed by atoms with Crippen molar-refractivity contribution in [2.75, 3.05) is 13.1 Å². The highest BCUT2D eigenvalue weighted by Crippen LogP contribution is 2.33. The molecular weight excluding hydrogens is 372 g/mol. The molecule has 1 fully saturated rings. The zero-order valence-electron chi connectivity index (χ0n) is 18.0. The molecule has 1 aliphatic rings. The van der Waals surface area contributed by atoms with Crippen LogP contribution in [0.3, 0.4) is 0 Å². The van der Waals surface area contributed by atoms with Gasteiger partial charge in [0.05, 0.1) is 11.0 Å². The van der Waals surface area contributed by atoms with E-state index in [1.807, 2.05) is 28.8 Å². The van der Waals surface area contributed by atoms with E-state index in [0.717, 1.165) is 43.5 Å². The maximum absolute atomic E-state index is 12.6. The highest BCUT2D eigenvalue weighted by Gasteiger charge is 2.27. The summed E-state index contributed by atoms with van der Waals surface area (Å²) in [6.07, 6.45) is 1.99. The molecule has 156 valence electrons. The molecule has 3 heterocycles. The van der Waals surface area contributed by atoms with E-state index >= 15 is 0 Å². The van der Waals surface area contributed by atoms with Gasteiger partial charge in [-0.1, -0.05) is 51.1 Å². The topological polar surface area (TPSA) is 56.8 Å². The molecule has 1 saturated heterocycles. The molecule has 1 aliphatic heterocycles. The number of H-pyrrole nitrogens is 2. The average molecular weight is 403 g/mol. The molecule has 0 spiro atoms. The first-order valence-corrected chi connectivity index (χ1v) is 10.9. The molecule has 5 rings (SSSR count). The van der Waals surface area contributed by atoms with Gasteiger partial charge in [0.1, 0.15) is 0 Å². The fraction of sp³-hybridized carbons (Fsp3) is 0.400. The molecule has 5 nitrogen and oxygen atoms in total. The predicted molar refractivity (Wildman–Crippen MR) is 123 cm³/mol.